The highest BCUT2D eigenvalue weighted by molar-refractivity contribution is 5.79. The van der Waals surface area contributed by atoms with Gasteiger partial charge in [0.2, 0.25) is 0 Å². The van der Waals surface area contributed by atoms with Crippen molar-refractivity contribution in [1.29, 1.82) is 0 Å². The molecular formula is C32H52O6. The quantitative estimate of drug-likeness (QED) is 0.0955. The van der Waals surface area contributed by atoms with Gasteiger partial charge in [0.05, 0.1) is 27.1 Å². The molecule has 0 heterocycles. The Balaban J connectivity index is 2.17. The van der Waals surface area contributed by atoms with Gasteiger partial charge >= 0.3 is 11.9 Å². The molecule has 6 nitrogen and oxygen atoms in total. The second-order valence-corrected chi connectivity index (χ2v) is 11.1. The standard InChI is InChI=1S/C32H52O6/c1-24(2)11-8-12-25(3)13-9-14-26(4)15-10-16-27(5)21-22-37-31(33)19-20-32(34)38-29-18-17-28(35-6)23-30(29)36-7/h17-18,21,23-26H,8-16,19-20,22H2,1-7H3/b27-21+/t25-,26-/m1/s1. The normalized spacial score (nSPS) is 13.2. The number of hydrogen-bond acceptors (Lipinski definition) is 6. The van der Waals surface area contributed by atoms with Crippen molar-refractivity contribution in [2.24, 2.45) is 17.8 Å². The van der Waals surface area contributed by atoms with Gasteiger partial charge < -0.3 is 18.9 Å². The summed E-state index contributed by atoms with van der Waals surface area (Å²) in [5, 5.41) is 0. The molecule has 1 rings (SSSR count). The van der Waals surface area contributed by atoms with Gasteiger partial charge in [-0.15, -0.1) is 0 Å². The summed E-state index contributed by atoms with van der Waals surface area (Å²) in [5.74, 6) is 2.74. The van der Waals surface area contributed by atoms with E-state index in [4.69, 9.17) is 18.9 Å². The van der Waals surface area contributed by atoms with Crippen LogP contribution in [0.2, 0.25) is 0 Å². The molecule has 0 aromatic heterocycles. The van der Waals surface area contributed by atoms with Crippen LogP contribution in [-0.4, -0.2) is 32.8 Å². The average Bonchev–Trinajstić information content (AvgIpc) is 2.87. The first-order valence-electron chi connectivity index (χ1n) is 14.4. The van der Waals surface area contributed by atoms with Gasteiger partial charge in [-0.1, -0.05) is 78.2 Å². The minimum absolute atomic E-state index is 0.0297. The minimum Gasteiger partial charge on any atom is -0.497 e. The highest BCUT2D eigenvalue weighted by Gasteiger charge is 2.14. The highest BCUT2D eigenvalue weighted by Crippen LogP contribution is 2.31. The molecule has 6 heteroatoms. The molecule has 0 unspecified atom stereocenters. The Morgan fingerprint density at radius 2 is 1.37 bits per heavy atom. The monoisotopic (exact) mass is 532 g/mol. The van der Waals surface area contributed by atoms with Gasteiger partial charge in [-0.3, -0.25) is 9.59 Å². The average molecular weight is 533 g/mol. The predicted molar refractivity (Wildman–Crippen MR) is 154 cm³/mol. The molecule has 0 amide bonds. The third-order valence-electron chi connectivity index (χ3n) is 6.94. The van der Waals surface area contributed by atoms with Crippen LogP contribution in [0, 0.1) is 17.8 Å². The third-order valence-corrected chi connectivity index (χ3v) is 6.94. The fraction of sp³-hybridized carbons (Fsp3) is 0.688. The van der Waals surface area contributed by atoms with Crippen molar-refractivity contribution >= 4 is 11.9 Å². The summed E-state index contributed by atoms with van der Waals surface area (Å²) in [6.45, 7) is 11.7. The van der Waals surface area contributed by atoms with Crippen LogP contribution in [-0.2, 0) is 14.3 Å². The van der Waals surface area contributed by atoms with E-state index in [2.05, 4.69) is 34.6 Å². The molecule has 2 atom stereocenters. The number of rotatable bonds is 20. The Bertz CT molecular complexity index is 844. The minimum atomic E-state index is -0.521. The van der Waals surface area contributed by atoms with Crippen LogP contribution in [0.15, 0.2) is 29.8 Å². The molecular weight excluding hydrogens is 480 g/mol. The lowest BCUT2D eigenvalue weighted by molar-refractivity contribution is -0.146. The second kappa shape index (κ2) is 19.6. The topological polar surface area (TPSA) is 71.1 Å². The number of carbonyl (C=O) groups excluding carboxylic acids is 2. The summed E-state index contributed by atoms with van der Waals surface area (Å²) in [6, 6.07) is 4.90. The summed E-state index contributed by atoms with van der Waals surface area (Å²) in [7, 11) is 3.03. The number of esters is 2. The second-order valence-electron chi connectivity index (χ2n) is 11.1. The lowest BCUT2D eigenvalue weighted by Crippen LogP contribution is -2.13. The first-order valence-corrected chi connectivity index (χ1v) is 14.4. The molecule has 0 aliphatic carbocycles. The van der Waals surface area contributed by atoms with E-state index in [-0.39, 0.29) is 25.2 Å². The molecule has 0 saturated carbocycles. The molecule has 0 N–H and O–H groups in total. The van der Waals surface area contributed by atoms with Crippen molar-refractivity contribution < 1.29 is 28.5 Å². The van der Waals surface area contributed by atoms with Crippen molar-refractivity contribution in [2.75, 3.05) is 20.8 Å². The Kier molecular flexibility index (Phi) is 17.3. The van der Waals surface area contributed by atoms with E-state index >= 15 is 0 Å². The first kappa shape index (κ1) is 33.5. The summed E-state index contributed by atoms with van der Waals surface area (Å²) in [6.07, 6.45) is 13.3. The van der Waals surface area contributed by atoms with Gasteiger partial charge in [0, 0.05) is 6.07 Å². The van der Waals surface area contributed by atoms with Crippen molar-refractivity contribution in [2.45, 2.75) is 105 Å². The van der Waals surface area contributed by atoms with Crippen molar-refractivity contribution in [3.8, 4) is 17.2 Å². The summed E-state index contributed by atoms with van der Waals surface area (Å²) >= 11 is 0. The van der Waals surface area contributed by atoms with E-state index in [1.807, 2.05) is 6.08 Å². The smallest absolute Gasteiger partial charge is 0.311 e. The SMILES string of the molecule is COc1ccc(OC(=O)CCC(=O)OC/C=C(\C)CCC[C@H](C)CCC[C@H](C)CCCC(C)C)c(OC)c1. The van der Waals surface area contributed by atoms with E-state index in [1.165, 1.54) is 57.6 Å². The van der Waals surface area contributed by atoms with Crippen molar-refractivity contribution in [3.63, 3.8) is 0 Å². The van der Waals surface area contributed by atoms with Gasteiger partial charge in [0.25, 0.3) is 0 Å². The largest absolute Gasteiger partial charge is 0.497 e. The molecule has 0 radical (unpaired) electrons. The number of methoxy groups -OCH3 is 2. The van der Waals surface area contributed by atoms with Gasteiger partial charge in [0.1, 0.15) is 12.4 Å². The molecule has 0 saturated heterocycles. The number of allylic oxidation sites excluding steroid dienone is 1. The Labute approximate surface area is 231 Å². The van der Waals surface area contributed by atoms with Gasteiger partial charge in [-0.2, -0.15) is 0 Å². The van der Waals surface area contributed by atoms with Crippen molar-refractivity contribution in [1.82, 2.24) is 0 Å². The number of hydrogen-bond donors (Lipinski definition) is 0. The van der Waals surface area contributed by atoms with Gasteiger partial charge in [-0.25, -0.2) is 0 Å². The maximum atomic E-state index is 12.1. The van der Waals surface area contributed by atoms with Gasteiger partial charge in [0.15, 0.2) is 11.5 Å². The van der Waals surface area contributed by atoms with E-state index in [0.29, 0.717) is 11.5 Å². The van der Waals surface area contributed by atoms with E-state index in [0.717, 1.165) is 30.6 Å². The zero-order valence-corrected chi connectivity index (χ0v) is 25.0. The van der Waals surface area contributed by atoms with E-state index in [1.54, 1.807) is 25.3 Å². The number of benzene rings is 1. The molecule has 1 aromatic carbocycles. The van der Waals surface area contributed by atoms with Crippen molar-refractivity contribution in [3.05, 3.63) is 29.8 Å². The molecule has 0 fully saturated rings. The van der Waals surface area contributed by atoms with E-state index in [9.17, 15) is 9.59 Å². The fourth-order valence-corrected chi connectivity index (χ4v) is 4.40. The maximum Gasteiger partial charge on any atom is 0.311 e. The zero-order chi connectivity index (χ0) is 28.3. The van der Waals surface area contributed by atoms with E-state index < -0.39 is 11.9 Å². The summed E-state index contributed by atoms with van der Waals surface area (Å²) in [5.41, 5.74) is 1.23. The first-order chi connectivity index (χ1) is 18.1. The molecule has 38 heavy (non-hydrogen) atoms. The molecule has 0 bridgehead atoms. The summed E-state index contributed by atoms with van der Waals surface area (Å²) < 4.78 is 20.9. The number of carbonyl (C=O) groups is 2. The molecule has 216 valence electrons. The van der Waals surface area contributed by atoms with Gasteiger partial charge in [-0.05, 0) is 55.7 Å². The Hall–Kier alpha value is -2.50. The Morgan fingerprint density at radius 1 is 0.763 bits per heavy atom. The fourth-order valence-electron chi connectivity index (χ4n) is 4.40. The van der Waals surface area contributed by atoms with Crippen LogP contribution in [0.5, 0.6) is 17.2 Å². The predicted octanol–water partition coefficient (Wildman–Crippen LogP) is 8.32. The van der Waals surface area contributed by atoms with Crippen LogP contribution in [0.3, 0.4) is 0 Å². The van der Waals surface area contributed by atoms with Crippen LogP contribution in [0.1, 0.15) is 105 Å². The highest BCUT2D eigenvalue weighted by atomic mass is 16.6. The van der Waals surface area contributed by atoms with Crippen LogP contribution in [0.25, 0.3) is 0 Å². The van der Waals surface area contributed by atoms with Crippen LogP contribution in [0.4, 0.5) is 0 Å². The molecule has 0 aliphatic heterocycles. The molecule has 1 aromatic rings. The lowest BCUT2D eigenvalue weighted by Gasteiger charge is -2.15. The van der Waals surface area contributed by atoms with Crippen LogP contribution < -0.4 is 14.2 Å². The Morgan fingerprint density at radius 3 is 1.97 bits per heavy atom. The number of ether oxygens (including phenoxy) is 4. The zero-order valence-electron chi connectivity index (χ0n) is 25.0. The van der Waals surface area contributed by atoms with Crippen LogP contribution >= 0.6 is 0 Å². The maximum absolute atomic E-state index is 12.1. The molecule has 0 aliphatic rings. The lowest BCUT2D eigenvalue weighted by atomic mass is 9.91. The summed E-state index contributed by atoms with van der Waals surface area (Å²) in [4.78, 5) is 24.2. The third kappa shape index (κ3) is 15.7. The molecule has 0 spiro atoms.